The Bertz CT molecular complexity index is 524. The highest BCUT2D eigenvalue weighted by Gasteiger charge is 2.17. The Morgan fingerprint density at radius 1 is 1.17 bits per heavy atom. The summed E-state index contributed by atoms with van der Waals surface area (Å²) in [6.45, 7) is 4.01. The molecule has 5 nitrogen and oxygen atoms in total. The summed E-state index contributed by atoms with van der Waals surface area (Å²) in [5.41, 5.74) is 1.85. The van der Waals surface area contributed by atoms with Gasteiger partial charge in [0.05, 0.1) is 14.2 Å². The molecule has 1 aromatic carbocycles. The van der Waals surface area contributed by atoms with Gasteiger partial charge >= 0.3 is 0 Å². The predicted octanol–water partition coefficient (Wildman–Crippen LogP) is 2.36. The number of methoxy groups -OCH3 is 2. The fraction of sp³-hybridized carbons (Fsp3) is 0.385. The van der Waals surface area contributed by atoms with Gasteiger partial charge in [0.15, 0.2) is 5.82 Å². The maximum absolute atomic E-state index is 5.39. The van der Waals surface area contributed by atoms with Crippen LogP contribution in [0.5, 0.6) is 11.5 Å². The van der Waals surface area contributed by atoms with E-state index in [1.54, 1.807) is 14.2 Å². The molecule has 0 amide bonds. The van der Waals surface area contributed by atoms with E-state index in [1.165, 1.54) is 0 Å². The second kappa shape index (κ2) is 5.08. The Balaban J connectivity index is 2.60. The molecule has 0 saturated carbocycles. The molecule has 2 rings (SSSR count). The highest BCUT2D eigenvalue weighted by Crippen LogP contribution is 2.37. The zero-order chi connectivity index (χ0) is 13.1. The molecule has 0 unspecified atom stereocenters. The van der Waals surface area contributed by atoms with Crippen molar-refractivity contribution in [2.45, 2.75) is 20.3 Å². The Labute approximate surface area is 106 Å². The van der Waals surface area contributed by atoms with E-state index in [0.717, 1.165) is 23.4 Å². The van der Waals surface area contributed by atoms with E-state index in [9.17, 15) is 0 Å². The number of nitrogens with zero attached hydrogens (tertiary/aromatic N) is 2. The zero-order valence-electron chi connectivity index (χ0n) is 11.1. The maximum Gasteiger partial charge on any atom is 0.188 e. The van der Waals surface area contributed by atoms with E-state index in [1.807, 2.05) is 26.0 Å². The number of hydrogen-bond acceptors (Lipinski definition) is 4. The number of rotatable bonds is 4. The summed E-state index contributed by atoms with van der Waals surface area (Å²) in [6.07, 6.45) is 0.809. The van der Waals surface area contributed by atoms with Gasteiger partial charge in [0, 0.05) is 6.42 Å². The molecule has 1 aromatic heterocycles. The highest BCUT2D eigenvalue weighted by molar-refractivity contribution is 5.72. The molecule has 0 aliphatic rings. The number of ether oxygens (including phenoxy) is 2. The minimum absolute atomic E-state index is 0.598. The first-order valence-corrected chi connectivity index (χ1v) is 5.83. The number of benzene rings is 1. The zero-order valence-corrected chi connectivity index (χ0v) is 11.1. The van der Waals surface area contributed by atoms with Crippen molar-refractivity contribution < 1.29 is 9.47 Å². The number of H-pyrrole nitrogens is 1. The first-order valence-electron chi connectivity index (χ1n) is 5.83. The first kappa shape index (κ1) is 12.4. The van der Waals surface area contributed by atoms with Crippen LogP contribution in [0.15, 0.2) is 12.1 Å². The lowest BCUT2D eigenvalue weighted by molar-refractivity contribution is 0.396. The first-order chi connectivity index (χ1) is 8.69. The van der Waals surface area contributed by atoms with Crippen LogP contribution in [0.2, 0.25) is 0 Å². The predicted molar refractivity (Wildman–Crippen MR) is 69.0 cm³/mol. The molecular weight excluding hydrogens is 230 g/mol. The number of aromatic nitrogens is 3. The van der Waals surface area contributed by atoms with Crippen molar-refractivity contribution >= 4 is 0 Å². The molecule has 0 bridgehead atoms. The summed E-state index contributed by atoms with van der Waals surface area (Å²) in [6, 6.07) is 3.89. The van der Waals surface area contributed by atoms with Crippen molar-refractivity contribution in [2.24, 2.45) is 0 Å². The van der Waals surface area contributed by atoms with E-state index in [2.05, 4.69) is 15.2 Å². The van der Waals surface area contributed by atoms with Crippen LogP contribution in [-0.2, 0) is 6.42 Å². The standard InChI is InChI=1S/C13H17N3O2/c1-5-11-14-13(16-15-11)12-9(17-3)6-8(2)7-10(12)18-4/h6-7H,5H2,1-4H3,(H,14,15,16). The van der Waals surface area contributed by atoms with Gasteiger partial charge in [-0.3, -0.25) is 5.10 Å². The molecule has 0 spiro atoms. The van der Waals surface area contributed by atoms with Crippen molar-refractivity contribution in [3.63, 3.8) is 0 Å². The summed E-state index contributed by atoms with van der Waals surface area (Å²) in [5, 5.41) is 7.11. The molecule has 0 aliphatic heterocycles. The fourth-order valence-electron chi connectivity index (χ4n) is 1.83. The second-order valence-corrected chi connectivity index (χ2v) is 4.00. The molecule has 0 fully saturated rings. The van der Waals surface area contributed by atoms with Crippen molar-refractivity contribution in [1.29, 1.82) is 0 Å². The Morgan fingerprint density at radius 2 is 1.78 bits per heavy atom. The third-order valence-corrected chi connectivity index (χ3v) is 2.74. The summed E-state index contributed by atoms with van der Waals surface area (Å²) in [7, 11) is 3.26. The molecule has 96 valence electrons. The van der Waals surface area contributed by atoms with Gasteiger partial charge in [-0.15, -0.1) is 0 Å². The quantitative estimate of drug-likeness (QED) is 0.901. The molecule has 1 heterocycles. The van der Waals surface area contributed by atoms with Gasteiger partial charge in [0.2, 0.25) is 0 Å². The lowest BCUT2D eigenvalue weighted by Gasteiger charge is -2.11. The van der Waals surface area contributed by atoms with Gasteiger partial charge in [-0.2, -0.15) is 5.10 Å². The summed E-state index contributed by atoms with van der Waals surface area (Å²) in [5.74, 6) is 2.87. The average molecular weight is 247 g/mol. The minimum atomic E-state index is 0.598. The van der Waals surface area contributed by atoms with Crippen LogP contribution in [0, 0.1) is 6.92 Å². The molecule has 0 radical (unpaired) electrons. The third kappa shape index (κ3) is 2.16. The van der Waals surface area contributed by atoms with E-state index >= 15 is 0 Å². The van der Waals surface area contributed by atoms with Crippen LogP contribution in [-0.4, -0.2) is 29.4 Å². The van der Waals surface area contributed by atoms with Gasteiger partial charge in [0.1, 0.15) is 22.9 Å². The van der Waals surface area contributed by atoms with E-state index < -0.39 is 0 Å². The molecule has 18 heavy (non-hydrogen) atoms. The topological polar surface area (TPSA) is 60.0 Å². The third-order valence-electron chi connectivity index (χ3n) is 2.74. The monoisotopic (exact) mass is 247 g/mol. The molecule has 5 heteroatoms. The van der Waals surface area contributed by atoms with Gasteiger partial charge < -0.3 is 9.47 Å². The molecule has 0 saturated heterocycles. The molecule has 0 atom stereocenters. The summed E-state index contributed by atoms with van der Waals surface area (Å²) < 4.78 is 10.8. The lowest BCUT2D eigenvalue weighted by Crippen LogP contribution is -1.95. The smallest absolute Gasteiger partial charge is 0.188 e. The van der Waals surface area contributed by atoms with Gasteiger partial charge in [-0.1, -0.05) is 6.92 Å². The summed E-state index contributed by atoms with van der Waals surface area (Å²) in [4.78, 5) is 4.42. The minimum Gasteiger partial charge on any atom is -0.496 e. The largest absolute Gasteiger partial charge is 0.496 e. The lowest BCUT2D eigenvalue weighted by atomic mass is 10.1. The Morgan fingerprint density at radius 3 is 2.22 bits per heavy atom. The molecule has 1 N–H and O–H groups in total. The van der Waals surface area contributed by atoms with Crippen molar-refractivity contribution in [3.05, 3.63) is 23.5 Å². The number of nitrogens with one attached hydrogen (secondary N) is 1. The van der Waals surface area contributed by atoms with Gasteiger partial charge in [-0.05, 0) is 24.6 Å². The maximum atomic E-state index is 5.39. The Kier molecular flexibility index (Phi) is 3.50. The number of hydrogen-bond donors (Lipinski definition) is 1. The number of aromatic amines is 1. The van der Waals surface area contributed by atoms with Crippen LogP contribution < -0.4 is 9.47 Å². The van der Waals surface area contributed by atoms with Crippen LogP contribution in [0.4, 0.5) is 0 Å². The van der Waals surface area contributed by atoms with Crippen LogP contribution in [0.25, 0.3) is 11.4 Å². The summed E-state index contributed by atoms with van der Waals surface area (Å²) >= 11 is 0. The molecule has 0 aliphatic carbocycles. The van der Waals surface area contributed by atoms with Gasteiger partial charge in [-0.25, -0.2) is 4.98 Å². The molecule has 2 aromatic rings. The van der Waals surface area contributed by atoms with E-state index in [4.69, 9.17) is 9.47 Å². The average Bonchev–Trinajstić information content (AvgIpc) is 2.85. The van der Waals surface area contributed by atoms with Crippen LogP contribution in [0.1, 0.15) is 18.3 Å². The van der Waals surface area contributed by atoms with Crippen LogP contribution >= 0.6 is 0 Å². The van der Waals surface area contributed by atoms with Crippen molar-refractivity contribution in [2.75, 3.05) is 14.2 Å². The van der Waals surface area contributed by atoms with Crippen molar-refractivity contribution in [1.82, 2.24) is 15.2 Å². The van der Waals surface area contributed by atoms with Crippen molar-refractivity contribution in [3.8, 4) is 22.9 Å². The molecular formula is C13H17N3O2. The van der Waals surface area contributed by atoms with Gasteiger partial charge in [0.25, 0.3) is 0 Å². The number of aryl methyl sites for hydroxylation is 2. The Hall–Kier alpha value is -2.04. The van der Waals surface area contributed by atoms with E-state index in [-0.39, 0.29) is 0 Å². The highest BCUT2D eigenvalue weighted by atomic mass is 16.5. The SMILES string of the molecule is CCc1nc(-c2c(OC)cc(C)cc2OC)n[nH]1. The van der Waals surface area contributed by atoms with E-state index in [0.29, 0.717) is 17.3 Å². The fourth-order valence-corrected chi connectivity index (χ4v) is 1.83. The van der Waals surface area contributed by atoms with Crippen LogP contribution in [0.3, 0.4) is 0 Å². The second-order valence-electron chi connectivity index (χ2n) is 4.00. The normalized spacial score (nSPS) is 10.4.